The van der Waals surface area contributed by atoms with E-state index in [-0.39, 0.29) is 12.3 Å². The molecule has 0 aliphatic heterocycles. The van der Waals surface area contributed by atoms with Gasteiger partial charge in [-0.05, 0) is 26.8 Å². The van der Waals surface area contributed by atoms with Gasteiger partial charge >= 0.3 is 0 Å². The third-order valence-corrected chi connectivity index (χ3v) is 3.35. The van der Waals surface area contributed by atoms with E-state index >= 15 is 0 Å². The van der Waals surface area contributed by atoms with Crippen molar-refractivity contribution in [1.82, 2.24) is 10.3 Å². The van der Waals surface area contributed by atoms with E-state index in [1.165, 1.54) is 4.88 Å². The second-order valence-corrected chi connectivity index (χ2v) is 4.98. The average Bonchev–Trinajstić information content (AvgIpc) is 2.87. The van der Waals surface area contributed by atoms with Gasteiger partial charge in [-0.25, -0.2) is 0 Å². The van der Waals surface area contributed by atoms with Gasteiger partial charge in [0.2, 0.25) is 0 Å². The maximum absolute atomic E-state index is 5.69. The van der Waals surface area contributed by atoms with Gasteiger partial charge in [-0.15, -0.1) is 11.3 Å². The predicted octanol–water partition coefficient (Wildman–Crippen LogP) is 2.45. The van der Waals surface area contributed by atoms with Crippen LogP contribution in [-0.2, 0) is 15.9 Å². The quantitative estimate of drug-likeness (QED) is 0.664. The van der Waals surface area contributed by atoms with Gasteiger partial charge in [0, 0.05) is 30.7 Å². The second-order valence-electron chi connectivity index (χ2n) is 4.01. The van der Waals surface area contributed by atoms with Crippen LogP contribution in [0.15, 0.2) is 11.7 Å². The Bertz CT molecular complexity index is 287. The maximum atomic E-state index is 5.69. The molecule has 0 radical (unpaired) electrons. The fourth-order valence-corrected chi connectivity index (χ4v) is 2.42. The predicted molar refractivity (Wildman–Crippen MR) is 74.9 cm³/mol. The molecule has 0 bridgehead atoms. The summed E-state index contributed by atoms with van der Waals surface area (Å²) in [7, 11) is 0. The summed E-state index contributed by atoms with van der Waals surface area (Å²) >= 11 is 1.68. The number of rotatable bonds is 10. The van der Waals surface area contributed by atoms with Crippen molar-refractivity contribution in [2.45, 2.75) is 45.9 Å². The molecule has 1 aromatic rings. The van der Waals surface area contributed by atoms with E-state index in [4.69, 9.17) is 9.47 Å². The lowest BCUT2D eigenvalue weighted by Gasteiger charge is -2.27. The molecule has 1 heterocycles. The Hall–Kier alpha value is -0.490. The number of hydrogen-bond donors (Lipinski definition) is 1. The monoisotopic (exact) mass is 272 g/mol. The van der Waals surface area contributed by atoms with Crippen LogP contribution >= 0.6 is 11.3 Å². The number of nitrogens with zero attached hydrogens (tertiary/aromatic N) is 1. The van der Waals surface area contributed by atoms with E-state index in [0.717, 1.165) is 19.4 Å². The first-order valence-corrected chi connectivity index (χ1v) is 7.53. The fraction of sp³-hybridized carbons (Fsp3) is 0.769. The van der Waals surface area contributed by atoms with Crippen LogP contribution in [0.25, 0.3) is 0 Å². The smallest absolute Gasteiger partial charge is 0.173 e. The molecule has 1 unspecified atom stereocenters. The Kier molecular flexibility index (Phi) is 8.17. The summed E-state index contributed by atoms with van der Waals surface area (Å²) in [5.41, 5.74) is 1.86. The summed E-state index contributed by atoms with van der Waals surface area (Å²) in [4.78, 5) is 5.37. The van der Waals surface area contributed by atoms with Gasteiger partial charge in [-0.1, -0.05) is 6.92 Å². The van der Waals surface area contributed by atoms with Gasteiger partial charge in [0.05, 0.1) is 11.6 Å². The van der Waals surface area contributed by atoms with Crippen LogP contribution in [0.1, 0.15) is 32.1 Å². The first kappa shape index (κ1) is 15.6. The van der Waals surface area contributed by atoms with E-state index in [9.17, 15) is 0 Å². The number of nitrogens with one attached hydrogen (secondary N) is 1. The van der Waals surface area contributed by atoms with E-state index in [2.05, 4.69) is 17.2 Å². The fourth-order valence-electron chi connectivity index (χ4n) is 1.76. The number of hydrogen-bond acceptors (Lipinski definition) is 5. The van der Waals surface area contributed by atoms with Crippen LogP contribution < -0.4 is 5.32 Å². The molecule has 0 aliphatic rings. The van der Waals surface area contributed by atoms with Crippen LogP contribution in [0.2, 0.25) is 0 Å². The minimum Gasteiger partial charge on any atom is -0.351 e. The molecule has 0 spiro atoms. The van der Waals surface area contributed by atoms with E-state index in [1.54, 1.807) is 11.3 Å². The van der Waals surface area contributed by atoms with Crippen molar-refractivity contribution < 1.29 is 9.47 Å². The summed E-state index contributed by atoms with van der Waals surface area (Å²) in [5, 5.41) is 3.51. The average molecular weight is 272 g/mol. The molecule has 1 N–H and O–H groups in total. The highest BCUT2D eigenvalue weighted by atomic mass is 32.1. The first-order chi connectivity index (χ1) is 8.81. The molecule has 104 valence electrons. The third kappa shape index (κ3) is 5.44. The zero-order valence-corrected chi connectivity index (χ0v) is 12.3. The number of ether oxygens (including phenoxy) is 2. The van der Waals surface area contributed by atoms with E-state index in [1.807, 2.05) is 25.6 Å². The molecule has 5 heteroatoms. The van der Waals surface area contributed by atoms with Crippen LogP contribution in [0.5, 0.6) is 0 Å². The maximum Gasteiger partial charge on any atom is 0.173 e. The van der Waals surface area contributed by atoms with Crippen molar-refractivity contribution in [3.05, 3.63) is 16.6 Å². The van der Waals surface area contributed by atoms with Crippen molar-refractivity contribution in [1.29, 1.82) is 0 Å². The van der Waals surface area contributed by atoms with Crippen LogP contribution in [0, 0.1) is 0 Å². The molecule has 0 aromatic carbocycles. The molecule has 0 aliphatic carbocycles. The lowest BCUT2D eigenvalue weighted by atomic mass is 10.1. The molecule has 0 amide bonds. The Morgan fingerprint density at radius 2 is 2.00 bits per heavy atom. The normalized spacial score (nSPS) is 13.1. The third-order valence-electron chi connectivity index (χ3n) is 2.55. The largest absolute Gasteiger partial charge is 0.351 e. The molecular formula is C13H24N2O2S. The minimum atomic E-state index is -0.186. The zero-order chi connectivity index (χ0) is 13.2. The van der Waals surface area contributed by atoms with Crippen LogP contribution in [0.4, 0.5) is 0 Å². The van der Waals surface area contributed by atoms with Gasteiger partial charge in [0.1, 0.15) is 0 Å². The highest BCUT2D eigenvalue weighted by Crippen LogP contribution is 2.13. The number of thiazole rings is 1. The van der Waals surface area contributed by atoms with Crippen molar-refractivity contribution in [3.63, 3.8) is 0 Å². The minimum absolute atomic E-state index is 0.185. The lowest BCUT2D eigenvalue weighted by molar-refractivity contribution is -0.153. The van der Waals surface area contributed by atoms with Crippen molar-refractivity contribution >= 4 is 11.3 Å². The highest BCUT2D eigenvalue weighted by Gasteiger charge is 2.22. The number of aromatic nitrogens is 1. The van der Waals surface area contributed by atoms with Crippen LogP contribution in [-0.4, -0.2) is 37.1 Å². The Morgan fingerprint density at radius 3 is 2.50 bits per heavy atom. The van der Waals surface area contributed by atoms with Gasteiger partial charge in [-0.2, -0.15) is 0 Å². The second kappa shape index (κ2) is 9.44. The van der Waals surface area contributed by atoms with Gasteiger partial charge in [-0.3, -0.25) is 4.98 Å². The zero-order valence-electron chi connectivity index (χ0n) is 11.5. The molecular weight excluding hydrogens is 248 g/mol. The first-order valence-electron chi connectivity index (χ1n) is 6.65. The standard InChI is InChI=1S/C13H24N2O2S/c1-4-7-15-12(8-11-9-14-10-18-11)13(16-5-2)17-6-3/h9-10,12-13,15H,4-8H2,1-3H3. The summed E-state index contributed by atoms with van der Waals surface area (Å²) in [5.74, 6) is 0. The van der Waals surface area contributed by atoms with Crippen molar-refractivity contribution in [2.75, 3.05) is 19.8 Å². The Balaban J connectivity index is 2.61. The SMILES string of the molecule is CCCNC(Cc1cncs1)C(OCC)OCC. The van der Waals surface area contributed by atoms with E-state index in [0.29, 0.717) is 13.2 Å². The van der Waals surface area contributed by atoms with Gasteiger partial charge in [0.15, 0.2) is 6.29 Å². The van der Waals surface area contributed by atoms with Gasteiger partial charge < -0.3 is 14.8 Å². The summed E-state index contributed by atoms with van der Waals surface area (Å²) < 4.78 is 11.4. The molecule has 1 aromatic heterocycles. The topological polar surface area (TPSA) is 43.4 Å². The molecule has 4 nitrogen and oxygen atoms in total. The summed E-state index contributed by atoms with van der Waals surface area (Å²) in [6.45, 7) is 8.45. The molecule has 1 rings (SSSR count). The highest BCUT2D eigenvalue weighted by molar-refractivity contribution is 7.09. The molecule has 0 fully saturated rings. The lowest BCUT2D eigenvalue weighted by Crippen LogP contribution is -2.44. The molecule has 0 saturated heterocycles. The van der Waals surface area contributed by atoms with Crippen molar-refractivity contribution in [3.8, 4) is 0 Å². The molecule has 0 saturated carbocycles. The van der Waals surface area contributed by atoms with E-state index < -0.39 is 0 Å². The van der Waals surface area contributed by atoms with Crippen LogP contribution in [0.3, 0.4) is 0 Å². The van der Waals surface area contributed by atoms with Gasteiger partial charge in [0.25, 0.3) is 0 Å². The summed E-state index contributed by atoms with van der Waals surface area (Å²) in [6, 6.07) is 0.185. The summed E-state index contributed by atoms with van der Waals surface area (Å²) in [6.07, 6.45) is 3.73. The Morgan fingerprint density at radius 1 is 1.28 bits per heavy atom. The molecule has 1 atom stereocenters. The Labute approximate surface area is 114 Å². The molecule has 18 heavy (non-hydrogen) atoms. The van der Waals surface area contributed by atoms with Crippen molar-refractivity contribution in [2.24, 2.45) is 0 Å².